The number of hydrazine groups is 1. The van der Waals surface area contributed by atoms with Crippen LogP contribution in [-0.2, 0) is 4.74 Å². The topological polar surface area (TPSA) is 47.3 Å². The van der Waals surface area contributed by atoms with Gasteiger partial charge in [-0.15, -0.1) is 0 Å². The Bertz CT molecular complexity index is 452. The van der Waals surface area contributed by atoms with Crippen LogP contribution in [0.4, 0.5) is 13.2 Å². The fraction of sp³-hybridized carbons (Fsp3) is 0.538. The summed E-state index contributed by atoms with van der Waals surface area (Å²) in [7, 11) is 0. The van der Waals surface area contributed by atoms with Crippen LogP contribution in [0, 0.1) is 23.4 Å². The van der Waals surface area contributed by atoms with Crippen LogP contribution < -0.4 is 11.3 Å². The summed E-state index contributed by atoms with van der Waals surface area (Å²) in [6, 6.07) is 1.41. The largest absolute Gasteiger partial charge is 0.376 e. The second kappa shape index (κ2) is 5.90. The van der Waals surface area contributed by atoms with E-state index in [9.17, 15) is 13.2 Å². The van der Waals surface area contributed by atoms with Crippen LogP contribution in [0.3, 0.4) is 0 Å². The van der Waals surface area contributed by atoms with E-state index in [4.69, 9.17) is 10.6 Å². The van der Waals surface area contributed by atoms with E-state index in [0.717, 1.165) is 18.9 Å². The van der Waals surface area contributed by atoms with Crippen LogP contribution in [0.15, 0.2) is 12.1 Å². The quantitative estimate of drug-likeness (QED) is 0.476. The third-order valence-electron chi connectivity index (χ3n) is 3.35. The molecule has 106 valence electrons. The Morgan fingerprint density at radius 2 is 2.00 bits per heavy atom. The van der Waals surface area contributed by atoms with Gasteiger partial charge in [0, 0.05) is 12.2 Å². The van der Waals surface area contributed by atoms with Gasteiger partial charge >= 0.3 is 0 Å². The molecular formula is C13H17F3N2O. The number of rotatable bonds is 6. The van der Waals surface area contributed by atoms with Crippen LogP contribution in [0.5, 0.6) is 0 Å². The maximum atomic E-state index is 13.8. The van der Waals surface area contributed by atoms with Crippen LogP contribution in [0.25, 0.3) is 0 Å². The average molecular weight is 274 g/mol. The molecule has 1 saturated carbocycles. The monoisotopic (exact) mass is 274 g/mol. The minimum Gasteiger partial charge on any atom is -0.376 e. The van der Waals surface area contributed by atoms with Crippen molar-refractivity contribution in [3.8, 4) is 0 Å². The molecule has 1 aromatic rings. The Labute approximate surface area is 109 Å². The lowest BCUT2D eigenvalue weighted by atomic mass is 9.97. The van der Waals surface area contributed by atoms with Crippen molar-refractivity contribution in [2.45, 2.75) is 31.9 Å². The van der Waals surface area contributed by atoms with Crippen molar-refractivity contribution >= 4 is 0 Å². The molecule has 0 bridgehead atoms. The summed E-state index contributed by atoms with van der Waals surface area (Å²) < 4.78 is 45.6. The smallest absolute Gasteiger partial charge is 0.194 e. The van der Waals surface area contributed by atoms with Gasteiger partial charge in [0.25, 0.3) is 0 Å². The number of hydrogen-bond donors (Lipinski definition) is 2. The number of hydrogen-bond acceptors (Lipinski definition) is 3. The molecule has 3 N–H and O–H groups in total. The van der Waals surface area contributed by atoms with E-state index < -0.39 is 23.5 Å². The zero-order valence-corrected chi connectivity index (χ0v) is 10.6. The van der Waals surface area contributed by atoms with Crippen molar-refractivity contribution < 1.29 is 17.9 Å². The number of nitrogens with two attached hydrogens (primary N) is 1. The van der Waals surface area contributed by atoms with Gasteiger partial charge in [-0.1, -0.05) is 6.07 Å². The predicted molar refractivity (Wildman–Crippen MR) is 64.5 cm³/mol. The first-order valence-corrected chi connectivity index (χ1v) is 6.31. The summed E-state index contributed by atoms with van der Waals surface area (Å²) >= 11 is 0. The zero-order valence-electron chi connectivity index (χ0n) is 10.6. The highest BCUT2D eigenvalue weighted by Gasteiger charge is 2.39. The lowest BCUT2D eigenvalue weighted by Gasteiger charge is -2.27. The van der Waals surface area contributed by atoms with Gasteiger partial charge in [0.1, 0.15) is 0 Å². The summed E-state index contributed by atoms with van der Waals surface area (Å²) in [6.45, 7) is 2.27. The second-order valence-electron chi connectivity index (χ2n) is 4.67. The third-order valence-corrected chi connectivity index (χ3v) is 3.35. The molecule has 1 aliphatic carbocycles. The first kappa shape index (κ1) is 14.3. The SMILES string of the molecule is CCOC(C1CC1)C(NN)c1ccc(F)c(F)c1F. The van der Waals surface area contributed by atoms with E-state index in [-0.39, 0.29) is 17.6 Å². The molecule has 1 aromatic carbocycles. The molecule has 1 aliphatic rings. The fourth-order valence-electron chi connectivity index (χ4n) is 2.26. The normalized spacial score (nSPS) is 18.4. The molecule has 3 nitrogen and oxygen atoms in total. The number of halogens is 3. The van der Waals surface area contributed by atoms with E-state index in [1.807, 2.05) is 6.92 Å². The predicted octanol–water partition coefficient (Wildman–Crippen LogP) is 2.42. The van der Waals surface area contributed by atoms with Crippen molar-refractivity contribution in [2.75, 3.05) is 6.61 Å². The summed E-state index contributed by atoms with van der Waals surface area (Å²) in [4.78, 5) is 0. The van der Waals surface area contributed by atoms with Crippen LogP contribution >= 0.6 is 0 Å². The van der Waals surface area contributed by atoms with Gasteiger partial charge in [-0.3, -0.25) is 11.3 Å². The van der Waals surface area contributed by atoms with Crippen molar-refractivity contribution in [3.05, 3.63) is 35.1 Å². The van der Waals surface area contributed by atoms with Gasteiger partial charge in [-0.25, -0.2) is 13.2 Å². The molecule has 0 amide bonds. The molecule has 19 heavy (non-hydrogen) atoms. The standard InChI is InChI=1S/C13H17F3N2O/c1-2-19-13(7-3-4-7)12(18-17)8-5-6-9(14)11(16)10(8)15/h5-7,12-13,18H,2-4,17H2,1H3. The molecule has 2 unspecified atom stereocenters. The van der Waals surface area contributed by atoms with E-state index in [1.54, 1.807) is 0 Å². The minimum absolute atomic E-state index is 0.00764. The molecule has 0 radical (unpaired) electrons. The van der Waals surface area contributed by atoms with E-state index >= 15 is 0 Å². The van der Waals surface area contributed by atoms with Crippen LogP contribution in [0.1, 0.15) is 31.4 Å². The maximum Gasteiger partial charge on any atom is 0.194 e. The summed E-state index contributed by atoms with van der Waals surface area (Å²) in [5.41, 5.74) is 2.45. The molecule has 0 aliphatic heterocycles. The highest BCUT2D eigenvalue weighted by atomic mass is 19.2. The highest BCUT2D eigenvalue weighted by Crippen LogP contribution is 2.40. The molecule has 0 aromatic heterocycles. The van der Waals surface area contributed by atoms with Crippen molar-refractivity contribution in [2.24, 2.45) is 11.8 Å². The average Bonchev–Trinajstić information content (AvgIpc) is 3.22. The Hall–Kier alpha value is -1.11. The first-order chi connectivity index (χ1) is 9.10. The Morgan fingerprint density at radius 3 is 2.53 bits per heavy atom. The first-order valence-electron chi connectivity index (χ1n) is 6.31. The van der Waals surface area contributed by atoms with Gasteiger partial charge < -0.3 is 4.74 Å². The van der Waals surface area contributed by atoms with Gasteiger partial charge in [-0.05, 0) is 31.7 Å². The molecular weight excluding hydrogens is 257 g/mol. The van der Waals surface area contributed by atoms with Crippen molar-refractivity contribution in [3.63, 3.8) is 0 Å². The molecule has 1 fully saturated rings. The van der Waals surface area contributed by atoms with Gasteiger partial charge in [0.15, 0.2) is 17.5 Å². The molecule has 0 saturated heterocycles. The van der Waals surface area contributed by atoms with Crippen LogP contribution in [0.2, 0.25) is 0 Å². The van der Waals surface area contributed by atoms with Gasteiger partial charge in [-0.2, -0.15) is 0 Å². The maximum absolute atomic E-state index is 13.8. The summed E-state index contributed by atoms with van der Waals surface area (Å²) in [6.07, 6.45) is 1.59. The molecule has 2 rings (SSSR count). The van der Waals surface area contributed by atoms with Gasteiger partial charge in [0.2, 0.25) is 0 Å². The number of ether oxygens (including phenoxy) is 1. The summed E-state index contributed by atoms with van der Waals surface area (Å²) in [5, 5.41) is 0. The van der Waals surface area contributed by atoms with Gasteiger partial charge in [0.05, 0.1) is 12.1 Å². The third kappa shape index (κ3) is 2.91. The lowest BCUT2D eigenvalue weighted by molar-refractivity contribution is 0.0175. The van der Waals surface area contributed by atoms with Crippen molar-refractivity contribution in [1.29, 1.82) is 0 Å². The molecule has 0 spiro atoms. The highest BCUT2D eigenvalue weighted by molar-refractivity contribution is 5.25. The number of nitrogens with one attached hydrogen (secondary N) is 1. The van der Waals surface area contributed by atoms with Crippen molar-refractivity contribution in [1.82, 2.24) is 5.43 Å². The van der Waals surface area contributed by atoms with Crippen LogP contribution in [-0.4, -0.2) is 12.7 Å². The fourth-order valence-corrected chi connectivity index (χ4v) is 2.26. The number of benzene rings is 1. The Kier molecular flexibility index (Phi) is 4.44. The molecule has 6 heteroatoms. The minimum atomic E-state index is -1.48. The summed E-state index contributed by atoms with van der Waals surface area (Å²) in [5.74, 6) is 1.81. The molecule has 2 atom stereocenters. The second-order valence-corrected chi connectivity index (χ2v) is 4.67. The van der Waals surface area contributed by atoms with E-state index in [1.165, 1.54) is 6.07 Å². The Balaban J connectivity index is 2.32. The molecule has 0 heterocycles. The lowest BCUT2D eigenvalue weighted by Crippen LogP contribution is -2.40. The zero-order chi connectivity index (χ0) is 14.0. The van der Waals surface area contributed by atoms with E-state index in [2.05, 4.69) is 5.43 Å². The van der Waals surface area contributed by atoms with E-state index in [0.29, 0.717) is 6.61 Å². The Morgan fingerprint density at radius 1 is 1.32 bits per heavy atom.